The van der Waals surface area contributed by atoms with Crippen molar-refractivity contribution in [3.05, 3.63) is 5.69 Å². The number of ether oxygens (including phenoxy) is 1. The molecule has 6 N–H and O–H groups in total. The van der Waals surface area contributed by atoms with E-state index < -0.39 is 24.3 Å². The Labute approximate surface area is 96.0 Å². The van der Waals surface area contributed by atoms with Gasteiger partial charge in [-0.05, 0) is 0 Å². The SMILES string of the molecule is NC(=O)c1nnn([C@@H]2O[C@H](CO)C[C@@H]2O)c1N. The molecule has 1 amide bonds. The summed E-state index contributed by atoms with van der Waals surface area (Å²) in [6.45, 7) is -0.217. The first kappa shape index (κ1) is 11.8. The van der Waals surface area contributed by atoms with Crippen LogP contribution in [0.25, 0.3) is 0 Å². The molecule has 1 saturated heterocycles. The van der Waals surface area contributed by atoms with Gasteiger partial charge in [-0.1, -0.05) is 5.21 Å². The number of aliphatic hydroxyl groups is 2. The third-order valence-electron chi connectivity index (χ3n) is 2.57. The summed E-state index contributed by atoms with van der Waals surface area (Å²) in [6, 6.07) is 0. The Balaban J connectivity index is 2.26. The van der Waals surface area contributed by atoms with E-state index in [0.29, 0.717) is 0 Å². The van der Waals surface area contributed by atoms with Crippen molar-refractivity contribution in [3.63, 3.8) is 0 Å². The van der Waals surface area contributed by atoms with Crippen LogP contribution >= 0.6 is 0 Å². The molecule has 0 spiro atoms. The van der Waals surface area contributed by atoms with Crippen molar-refractivity contribution in [1.29, 1.82) is 0 Å². The van der Waals surface area contributed by atoms with Crippen LogP contribution in [0.5, 0.6) is 0 Å². The normalized spacial score (nSPS) is 28.5. The maximum atomic E-state index is 10.9. The van der Waals surface area contributed by atoms with Gasteiger partial charge in [0.05, 0.1) is 12.7 Å². The Hall–Kier alpha value is -1.71. The number of amides is 1. The lowest BCUT2D eigenvalue weighted by Crippen LogP contribution is -2.23. The predicted molar refractivity (Wildman–Crippen MR) is 54.6 cm³/mol. The zero-order chi connectivity index (χ0) is 12.6. The van der Waals surface area contributed by atoms with Crippen LogP contribution in [-0.4, -0.2) is 49.9 Å². The molecule has 17 heavy (non-hydrogen) atoms. The summed E-state index contributed by atoms with van der Waals surface area (Å²) in [7, 11) is 0. The zero-order valence-corrected chi connectivity index (χ0v) is 8.85. The average Bonchev–Trinajstić information content (AvgIpc) is 2.81. The summed E-state index contributed by atoms with van der Waals surface area (Å²) in [4.78, 5) is 10.9. The first-order valence-corrected chi connectivity index (χ1v) is 4.99. The highest BCUT2D eigenvalue weighted by molar-refractivity contribution is 5.94. The lowest BCUT2D eigenvalue weighted by Gasteiger charge is -2.15. The van der Waals surface area contributed by atoms with Gasteiger partial charge in [0.25, 0.3) is 5.91 Å². The number of nitrogen functional groups attached to an aromatic ring is 1. The fourth-order valence-electron chi connectivity index (χ4n) is 1.73. The molecule has 9 heteroatoms. The zero-order valence-electron chi connectivity index (χ0n) is 8.85. The van der Waals surface area contributed by atoms with Crippen LogP contribution in [0.2, 0.25) is 0 Å². The van der Waals surface area contributed by atoms with E-state index in [4.69, 9.17) is 21.3 Å². The number of carbonyl (C=O) groups excluding carboxylic acids is 1. The van der Waals surface area contributed by atoms with Crippen LogP contribution in [0.3, 0.4) is 0 Å². The van der Waals surface area contributed by atoms with Crippen molar-refractivity contribution in [3.8, 4) is 0 Å². The van der Waals surface area contributed by atoms with E-state index in [2.05, 4.69) is 10.3 Å². The maximum absolute atomic E-state index is 10.9. The van der Waals surface area contributed by atoms with Gasteiger partial charge in [-0.25, -0.2) is 0 Å². The van der Waals surface area contributed by atoms with Crippen LogP contribution < -0.4 is 11.5 Å². The second kappa shape index (κ2) is 4.28. The summed E-state index contributed by atoms with van der Waals surface area (Å²) < 4.78 is 6.39. The molecule has 1 aliphatic heterocycles. The molecule has 0 saturated carbocycles. The topological polar surface area (TPSA) is 150 Å². The van der Waals surface area contributed by atoms with Gasteiger partial charge >= 0.3 is 0 Å². The Morgan fingerprint density at radius 1 is 1.65 bits per heavy atom. The molecule has 1 aliphatic rings. The Morgan fingerprint density at radius 2 is 2.35 bits per heavy atom. The van der Waals surface area contributed by atoms with E-state index >= 15 is 0 Å². The molecule has 1 fully saturated rings. The molecule has 3 atom stereocenters. The fourth-order valence-corrected chi connectivity index (χ4v) is 1.73. The number of anilines is 1. The monoisotopic (exact) mass is 243 g/mol. The Kier molecular flexibility index (Phi) is 2.96. The number of hydrogen-bond acceptors (Lipinski definition) is 7. The van der Waals surface area contributed by atoms with Crippen LogP contribution in [0.4, 0.5) is 5.82 Å². The van der Waals surface area contributed by atoms with E-state index in [-0.39, 0.29) is 24.5 Å². The molecular weight excluding hydrogens is 230 g/mol. The van der Waals surface area contributed by atoms with Gasteiger partial charge in [-0.15, -0.1) is 5.10 Å². The Bertz CT molecular complexity index is 434. The number of aliphatic hydroxyl groups excluding tert-OH is 2. The second-order valence-corrected chi connectivity index (χ2v) is 3.77. The predicted octanol–water partition coefficient (Wildman–Crippen LogP) is -2.40. The number of nitrogens with two attached hydrogens (primary N) is 2. The molecule has 2 rings (SSSR count). The van der Waals surface area contributed by atoms with Crippen molar-refractivity contribution in [1.82, 2.24) is 15.0 Å². The van der Waals surface area contributed by atoms with Gasteiger partial charge in [0.2, 0.25) is 0 Å². The minimum absolute atomic E-state index is 0.0693. The lowest BCUT2D eigenvalue weighted by molar-refractivity contribution is -0.0565. The van der Waals surface area contributed by atoms with E-state index in [0.717, 1.165) is 4.68 Å². The number of rotatable bonds is 3. The first-order valence-electron chi connectivity index (χ1n) is 4.99. The van der Waals surface area contributed by atoms with Gasteiger partial charge in [0.15, 0.2) is 17.7 Å². The summed E-state index contributed by atoms with van der Waals surface area (Å²) in [5, 5.41) is 25.8. The molecule has 1 aromatic rings. The highest BCUT2D eigenvalue weighted by Gasteiger charge is 2.37. The molecule has 9 nitrogen and oxygen atoms in total. The molecule has 1 aromatic heterocycles. The number of hydrogen-bond donors (Lipinski definition) is 4. The van der Waals surface area contributed by atoms with Crippen molar-refractivity contribution in [2.24, 2.45) is 5.73 Å². The molecule has 0 radical (unpaired) electrons. The van der Waals surface area contributed by atoms with Gasteiger partial charge in [0, 0.05) is 6.42 Å². The molecule has 2 heterocycles. The van der Waals surface area contributed by atoms with E-state index in [1.807, 2.05) is 0 Å². The summed E-state index contributed by atoms with van der Waals surface area (Å²) in [5.74, 6) is -0.875. The first-order chi connectivity index (χ1) is 8.04. The molecular formula is C8H13N5O4. The number of carbonyl (C=O) groups is 1. The fraction of sp³-hybridized carbons (Fsp3) is 0.625. The third kappa shape index (κ3) is 1.95. The summed E-state index contributed by atoms with van der Waals surface area (Å²) in [6.07, 6.45) is -1.98. The summed E-state index contributed by atoms with van der Waals surface area (Å²) >= 11 is 0. The van der Waals surface area contributed by atoms with Crippen molar-refractivity contribution < 1.29 is 19.7 Å². The summed E-state index contributed by atoms with van der Waals surface area (Å²) in [5.41, 5.74) is 10.5. The van der Waals surface area contributed by atoms with Gasteiger partial charge < -0.3 is 26.4 Å². The van der Waals surface area contributed by atoms with Gasteiger partial charge in [-0.3, -0.25) is 4.79 Å². The lowest BCUT2D eigenvalue weighted by atomic mass is 10.2. The van der Waals surface area contributed by atoms with Crippen LogP contribution in [0.15, 0.2) is 0 Å². The minimum atomic E-state index is -0.878. The van der Waals surface area contributed by atoms with Crippen molar-refractivity contribution in [2.45, 2.75) is 24.9 Å². The number of nitrogens with zero attached hydrogens (tertiary/aromatic N) is 3. The molecule has 94 valence electrons. The second-order valence-electron chi connectivity index (χ2n) is 3.77. The van der Waals surface area contributed by atoms with Crippen LogP contribution in [0, 0.1) is 0 Å². The molecule has 0 aliphatic carbocycles. The number of aromatic nitrogens is 3. The largest absolute Gasteiger partial charge is 0.394 e. The standard InChI is InChI=1S/C8H13N5O4/c9-6-5(7(10)16)11-12-13(6)8-4(15)1-3(2-14)17-8/h3-4,8,14-15H,1-2,9H2,(H2,10,16)/t3-,4-,8+/m0/s1. The van der Waals surface area contributed by atoms with Gasteiger partial charge in [-0.2, -0.15) is 4.68 Å². The smallest absolute Gasteiger partial charge is 0.273 e. The minimum Gasteiger partial charge on any atom is -0.394 e. The highest BCUT2D eigenvalue weighted by Crippen LogP contribution is 2.30. The average molecular weight is 243 g/mol. The van der Waals surface area contributed by atoms with Crippen LogP contribution in [0.1, 0.15) is 23.1 Å². The van der Waals surface area contributed by atoms with Crippen molar-refractivity contribution in [2.75, 3.05) is 12.3 Å². The molecule has 0 aromatic carbocycles. The van der Waals surface area contributed by atoms with E-state index in [1.54, 1.807) is 0 Å². The third-order valence-corrected chi connectivity index (χ3v) is 2.57. The highest BCUT2D eigenvalue weighted by atomic mass is 16.5. The molecule has 0 unspecified atom stereocenters. The maximum Gasteiger partial charge on any atom is 0.273 e. The molecule has 0 bridgehead atoms. The van der Waals surface area contributed by atoms with E-state index in [1.165, 1.54) is 0 Å². The van der Waals surface area contributed by atoms with Crippen molar-refractivity contribution >= 4 is 11.7 Å². The number of primary amides is 1. The van der Waals surface area contributed by atoms with E-state index in [9.17, 15) is 9.90 Å². The van der Waals surface area contributed by atoms with Crippen LogP contribution in [-0.2, 0) is 4.74 Å². The Morgan fingerprint density at radius 3 is 2.82 bits per heavy atom. The quantitative estimate of drug-likeness (QED) is 0.462. The van der Waals surface area contributed by atoms with Gasteiger partial charge in [0.1, 0.15) is 6.10 Å².